The molecule has 0 aliphatic heterocycles. The molecule has 0 aliphatic rings. The van der Waals surface area contributed by atoms with Crippen molar-refractivity contribution in [3.63, 3.8) is 0 Å². The van der Waals surface area contributed by atoms with Gasteiger partial charge in [-0.2, -0.15) is 11.8 Å². The van der Waals surface area contributed by atoms with E-state index >= 15 is 0 Å². The van der Waals surface area contributed by atoms with E-state index in [9.17, 15) is 9.59 Å². The molecule has 0 aromatic heterocycles. The van der Waals surface area contributed by atoms with Gasteiger partial charge in [0.2, 0.25) is 5.24 Å². The second kappa shape index (κ2) is 21.0. The zero-order valence-corrected chi connectivity index (χ0v) is 20.0. The van der Waals surface area contributed by atoms with E-state index in [0.717, 1.165) is 11.5 Å². The van der Waals surface area contributed by atoms with E-state index in [1.165, 1.54) is 109 Å². The van der Waals surface area contributed by atoms with Crippen LogP contribution in [-0.4, -0.2) is 27.6 Å². The van der Waals surface area contributed by atoms with Gasteiger partial charge < -0.3 is 0 Å². The Morgan fingerprint density at radius 3 is 1.59 bits per heavy atom. The van der Waals surface area contributed by atoms with Crippen LogP contribution in [0, 0.1) is 5.92 Å². The molecule has 0 saturated carbocycles. The van der Waals surface area contributed by atoms with Crippen molar-refractivity contribution in [2.24, 2.45) is 5.92 Å². The Kier molecular flexibility index (Phi) is 21.3. The Bertz CT molecular complexity index is 364. The third-order valence-corrected chi connectivity index (χ3v) is 7.27. The number of carbonyl (C=O) groups excluding carboxylic acids is 2. The Morgan fingerprint density at radius 2 is 1.19 bits per heavy atom. The van der Waals surface area contributed by atoms with Crippen LogP contribution in [0.3, 0.4) is 0 Å². The maximum absolute atomic E-state index is 11.4. The van der Waals surface area contributed by atoms with Gasteiger partial charge >= 0.3 is 0 Å². The molecule has 27 heavy (non-hydrogen) atoms. The summed E-state index contributed by atoms with van der Waals surface area (Å²) in [6.45, 7) is 3.80. The molecule has 0 aromatic rings. The van der Waals surface area contributed by atoms with Crippen molar-refractivity contribution in [2.45, 2.75) is 104 Å². The molecule has 0 saturated heterocycles. The van der Waals surface area contributed by atoms with Crippen LogP contribution in [-0.2, 0) is 9.59 Å². The van der Waals surface area contributed by atoms with Crippen LogP contribution in [0.5, 0.6) is 0 Å². The normalized spacial score (nSPS) is 12.3. The highest BCUT2D eigenvalue weighted by Gasteiger charge is 2.17. The average Bonchev–Trinajstić information content (AvgIpc) is 2.63. The molecule has 160 valence electrons. The lowest BCUT2D eigenvalue weighted by atomic mass is 10.0. The molecule has 2 nitrogen and oxygen atoms in total. The lowest BCUT2D eigenvalue weighted by molar-refractivity contribution is -0.113. The highest BCUT2D eigenvalue weighted by Crippen LogP contribution is 2.19. The van der Waals surface area contributed by atoms with Crippen LogP contribution in [0.1, 0.15) is 104 Å². The van der Waals surface area contributed by atoms with Crippen LogP contribution in [0.15, 0.2) is 0 Å². The fourth-order valence-corrected chi connectivity index (χ4v) is 5.34. The van der Waals surface area contributed by atoms with E-state index in [1.54, 1.807) is 11.8 Å². The third kappa shape index (κ3) is 20.9. The fourth-order valence-electron chi connectivity index (χ4n) is 3.02. The highest BCUT2D eigenvalue weighted by molar-refractivity contribution is 8.13. The maximum atomic E-state index is 11.4. The van der Waals surface area contributed by atoms with Crippen molar-refractivity contribution in [2.75, 3.05) is 17.3 Å². The summed E-state index contributed by atoms with van der Waals surface area (Å²) >= 11 is 8.62. The van der Waals surface area contributed by atoms with E-state index in [0.29, 0.717) is 5.75 Å². The van der Waals surface area contributed by atoms with Gasteiger partial charge in [-0.1, -0.05) is 102 Å². The van der Waals surface area contributed by atoms with Crippen LogP contribution in [0.4, 0.5) is 0 Å². The second-order valence-corrected chi connectivity index (χ2v) is 10.2. The molecular formula is C22H41ClO2S2. The van der Waals surface area contributed by atoms with Crippen molar-refractivity contribution in [3.05, 3.63) is 0 Å². The van der Waals surface area contributed by atoms with E-state index < -0.39 is 0 Å². The van der Waals surface area contributed by atoms with Crippen molar-refractivity contribution in [1.29, 1.82) is 0 Å². The Balaban J connectivity index is 3.30. The zero-order valence-electron chi connectivity index (χ0n) is 17.6. The Hall–Kier alpha value is 0.330. The quantitative estimate of drug-likeness (QED) is 0.143. The lowest BCUT2D eigenvalue weighted by Crippen LogP contribution is -2.15. The lowest BCUT2D eigenvalue weighted by Gasteiger charge is -2.10. The van der Waals surface area contributed by atoms with Crippen LogP contribution in [0.2, 0.25) is 0 Å². The summed E-state index contributed by atoms with van der Waals surface area (Å²) in [4.78, 5) is 22.4. The van der Waals surface area contributed by atoms with Crippen LogP contribution < -0.4 is 0 Å². The molecule has 1 unspecified atom stereocenters. The number of halogens is 1. The summed E-state index contributed by atoms with van der Waals surface area (Å²) in [5.74, 6) is 2.14. The topological polar surface area (TPSA) is 34.1 Å². The van der Waals surface area contributed by atoms with Gasteiger partial charge in [-0.3, -0.25) is 9.59 Å². The molecule has 0 radical (unpaired) electrons. The van der Waals surface area contributed by atoms with Crippen molar-refractivity contribution < 1.29 is 9.59 Å². The number of carbonyl (C=O) groups is 2. The van der Waals surface area contributed by atoms with E-state index in [2.05, 4.69) is 6.92 Å². The van der Waals surface area contributed by atoms with Gasteiger partial charge in [0.05, 0.1) is 5.92 Å². The first-order valence-electron chi connectivity index (χ1n) is 11.0. The van der Waals surface area contributed by atoms with E-state index in [4.69, 9.17) is 11.6 Å². The van der Waals surface area contributed by atoms with Crippen LogP contribution in [0.25, 0.3) is 0 Å². The summed E-state index contributed by atoms with van der Waals surface area (Å²) in [6, 6.07) is 0. The van der Waals surface area contributed by atoms with E-state index in [-0.39, 0.29) is 16.3 Å². The summed E-state index contributed by atoms with van der Waals surface area (Å²) in [5.41, 5.74) is 0. The molecule has 5 heteroatoms. The highest BCUT2D eigenvalue weighted by atomic mass is 35.5. The molecular weight excluding hydrogens is 396 g/mol. The van der Waals surface area contributed by atoms with Crippen LogP contribution >= 0.6 is 35.1 Å². The van der Waals surface area contributed by atoms with Crippen molar-refractivity contribution in [3.8, 4) is 0 Å². The van der Waals surface area contributed by atoms with Gasteiger partial charge in [0, 0.05) is 18.4 Å². The summed E-state index contributed by atoms with van der Waals surface area (Å²) in [5, 5.41) is -0.257. The van der Waals surface area contributed by atoms with Crippen molar-refractivity contribution >= 4 is 45.5 Å². The average molecular weight is 437 g/mol. The number of hydrogen-bond acceptors (Lipinski definition) is 4. The summed E-state index contributed by atoms with van der Waals surface area (Å²) in [6.07, 6.45) is 19.3. The minimum atomic E-state index is -0.308. The van der Waals surface area contributed by atoms with E-state index in [1.807, 2.05) is 0 Å². The molecule has 0 aromatic carbocycles. The van der Waals surface area contributed by atoms with Gasteiger partial charge in [0.1, 0.15) is 0 Å². The van der Waals surface area contributed by atoms with Gasteiger partial charge in [-0.25, -0.2) is 0 Å². The Labute approximate surface area is 181 Å². The molecule has 1 atom stereocenters. The molecule has 0 N–H and O–H groups in total. The summed E-state index contributed by atoms with van der Waals surface area (Å²) in [7, 11) is 0. The fraction of sp³-hybridized carbons (Fsp3) is 0.909. The summed E-state index contributed by atoms with van der Waals surface area (Å²) < 4.78 is 0. The smallest absolute Gasteiger partial charge is 0.226 e. The number of unbranched alkanes of at least 4 members (excludes halogenated alkanes) is 13. The molecule has 0 fully saturated rings. The number of hydrogen-bond donors (Lipinski definition) is 0. The molecule has 0 aliphatic carbocycles. The minimum Gasteiger partial charge on any atom is -0.288 e. The first kappa shape index (κ1) is 27.3. The second-order valence-electron chi connectivity index (χ2n) is 7.47. The van der Waals surface area contributed by atoms with Gasteiger partial charge in [0.25, 0.3) is 0 Å². The molecule has 0 rings (SSSR count). The SMILES string of the molecule is CCCCCCCCCCCCCCCCSCC(CSC(C)=O)C(=O)Cl. The first-order chi connectivity index (χ1) is 13.1. The predicted molar refractivity (Wildman–Crippen MR) is 125 cm³/mol. The third-order valence-electron chi connectivity index (χ3n) is 4.77. The molecule has 0 spiro atoms. The Morgan fingerprint density at radius 1 is 0.741 bits per heavy atom. The van der Waals surface area contributed by atoms with Gasteiger partial charge in [-0.05, 0) is 23.8 Å². The number of rotatable bonds is 20. The monoisotopic (exact) mass is 436 g/mol. The molecule has 0 bridgehead atoms. The number of thioether (sulfide) groups is 2. The van der Waals surface area contributed by atoms with Gasteiger partial charge in [0.15, 0.2) is 5.12 Å². The first-order valence-corrected chi connectivity index (χ1v) is 13.5. The molecule has 0 amide bonds. The molecule has 0 heterocycles. The predicted octanol–water partition coefficient (Wildman–Crippen LogP) is 7.86. The van der Waals surface area contributed by atoms with Crippen molar-refractivity contribution in [1.82, 2.24) is 0 Å². The standard InChI is InChI=1S/C22H41ClO2S2/c1-3-4-5-6-7-8-9-10-11-12-13-14-15-16-17-26-18-21(22(23)25)19-27-20(2)24/h21H,3-19H2,1-2H3. The maximum Gasteiger partial charge on any atom is 0.226 e. The largest absolute Gasteiger partial charge is 0.288 e. The minimum absolute atomic E-state index is 0.0508. The van der Waals surface area contributed by atoms with Gasteiger partial charge in [-0.15, -0.1) is 0 Å². The zero-order chi connectivity index (χ0) is 20.2.